The summed E-state index contributed by atoms with van der Waals surface area (Å²) in [6.07, 6.45) is 0. The maximum atomic E-state index is 13.8. The van der Waals surface area contributed by atoms with E-state index in [0.717, 1.165) is 21.8 Å². The van der Waals surface area contributed by atoms with Gasteiger partial charge in [-0.05, 0) is 47.5 Å². The Balaban J connectivity index is 1.36. The van der Waals surface area contributed by atoms with Crippen molar-refractivity contribution in [2.24, 2.45) is 0 Å². The summed E-state index contributed by atoms with van der Waals surface area (Å²) in [5, 5.41) is 32.4. The lowest BCUT2D eigenvalue weighted by Gasteiger charge is -2.23. The van der Waals surface area contributed by atoms with Crippen molar-refractivity contribution in [3.8, 4) is 0 Å². The maximum Gasteiger partial charge on any atom is 0.296 e. The fourth-order valence-electron chi connectivity index (χ4n) is 4.49. The number of non-ortho nitro benzene ring substituents is 1. The number of furan rings is 1. The minimum atomic E-state index is -1.16. The lowest BCUT2D eigenvalue weighted by Crippen LogP contribution is -2.31. The first-order valence-corrected chi connectivity index (χ1v) is 14.7. The molecule has 0 spiro atoms. The van der Waals surface area contributed by atoms with Crippen molar-refractivity contribution in [1.82, 2.24) is 10.2 Å². The van der Waals surface area contributed by atoms with E-state index in [1.165, 1.54) is 42.1 Å². The molecule has 3 heterocycles. The molecule has 1 unspecified atom stereocenters. The molecule has 3 aromatic carbocycles. The molecule has 5 aromatic rings. The lowest BCUT2D eigenvalue weighted by molar-refractivity contribution is -0.384. The zero-order valence-electron chi connectivity index (χ0n) is 21.1. The number of carbonyl (C=O) groups is 2. The molecular weight excluding hydrogens is 623 g/mol. The summed E-state index contributed by atoms with van der Waals surface area (Å²) in [6.45, 7) is 0. The summed E-state index contributed by atoms with van der Waals surface area (Å²) < 4.78 is 6.24. The second-order valence-corrected chi connectivity index (χ2v) is 12.1. The number of thioether (sulfide) groups is 1. The predicted octanol–water partition coefficient (Wildman–Crippen LogP) is 7.57. The van der Waals surface area contributed by atoms with Crippen LogP contribution in [-0.2, 0) is 10.5 Å². The fourth-order valence-corrected chi connectivity index (χ4v) is 6.92. The highest BCUT2D eigenvalue weighted by Gasteiger charge is 2.47. The van der Waals surface area contributed by atoms with Crippen LogP contribution in [0.2, 0.25) is 10.0 Å². The Morgan fingerprint density at radius 2 is 1.86 bits per heavy atom. The summed E-state index contributed by atoms with van der Waals surface area (Å²) >= 11 is 14.7. The fraction of sp³-hybridized carbons (Fsp3) is 0.0714. The van der Waals surface area contributed by atoms with Crippen molar-refractivity contribution in [3.63, 3.8) is 0 Å². The number of ketones is 1. The largest absolute Gasteiger partial charge is 0.503 e. The van der Waals surface area contributed by atoms with Crippen LogP contribution in [0, 0.1) is 10.1 Å². The van der Waals surface area contributed by atoms with E-state index in [2.05, 4.69) is 10.2 Å². The molecular formula is C28H16Cl2N4O6S2. The number of nitro groups is 1. The van der Waals surface area contributed by atoms with Crippen molar-refractivity contribution in [2.75, 3.05) is 4.90 Å². The van der Waals surface area contributed by atoms with Gasteiger partial charge in [0, 0.05) is 33.3 Å². The van der Waals surface area contributed by atoms with E-state index in [9.17, 15) is 24.8 Å². The molecule has 6 rings (SSSR count). The van der Waals surface area contributed by atoms with Crippen LogP contribution in [0.5, 0.6) is 0 Å². The third-order valence-electron chi connectivity index (χ3n) is 6.49. The molecule has 0 saturated heterocycles. The molecule has 0 saturated carbocycles. The van der Waals surface area contributed by atoms with Crippen LogP contribution in [0.3, 0.4) is 0 Å². The number of anilines is 1. The van der Waals surface area contributed by atoms with E-state index in [1.807, 2.05) is 0 Å². The minimum Gasteiger partial charge on any atom is -0.503 e. The predicted molar refractivity (Wildman–Crippen MR) is 159 cm³/mol. The number of aliphatic hydroxyl groups excluding tert-OH is 1. The average molecular weight is 639 g/mol. The molecule has 1 N–H and O–H groups in total. The second kappa shape index (κ2) is 11.2. The van der Waals surface area contributed by atoms with Gasteiger partial charge in [0.15, 0.2) is 15.9 Å². The van der Waals surface area contributed by atoms with Crippen molar-refractivity contribution in [2.45, 2.75) is 16.1 Å². The van der Waals surface area contributed by atoms with Crippen molar-refractivity contribution >= 4 is 79.8 Å². The van der Waals surface area contributed by atoms with Gasteiger partial charge in [-0.25, -0.2) is 0 Å². The smallest absolute Gasteiger partial charge is 0.296 e. The normalized spacial score (nSPS) is 15.1. The first-order valence-electron chi connectivity index (χ1n) is 12.2. The Hall–Kier alpha value is -4.23. The topological polar surface area (TPSA) is 140 Å². The highest BCUT2D eigenvalue weighted by Crippen LogP contribution is 2.44. The van der Waals surface area contributed by atoms with E-state index in [-0.39, 0.29) is 22.2 Å². The molecule has 10 nitrogen and oxygen atoms in total. The van der Waals surface area contributed by atoms with E-state index < -0.39 is 28.4 Å². The number of Topliss-reactive ketones (excluding diaryl/α,β-unsaturated/α-hetero) is 1. The van der Waals surface area contributed by atoms with Crippen LogP contribution in [0.15, 0.2) is 92.9 Å². The number of amides is 1. The summed E-state index contributed by atoms with van der Waals surface area (Å²) in [6, 6.07) is 17.9. The molecule has 1 amide bonds. The van der Waals surface area contributed by atoms with E-state index in [4.69, 9.17) is 27.6 Å². The number of carbonyl (C=O) groups excluding carboxylic acids is 2. The number of nitro benzene ring substituents is 1. The van der Waals surface area contributed by atoms with Gasteiger partial charge in [0.25, 0.3) is 11.6 Å². The maximum absolute atomic E-state index is 13.8. The Labute approximate surface area is 255 Å². The number of rotatable bonds is 8. The molecule has 14 heteroatoms. The molecule has 0 radical (unpaired) electrons. The monoisotopic (exact) mass is 638 g/mol. The van der Waals surface area contributed by atoms with E-state index in [0.29, 0.717) is 36.7 Å². The van der Waals surface area contributed by atoms with Crippen molar-refractivity contribution in [3.05, 3.63) is 121 Å². The molecule has 210 valence electrons. The number of aliphatic hydroxyl groups is 1. The Morgan fingerprint density at radius 3 is 2.57 bits per heavy atom. The number of nitrogens with zero attached hydrogens (tertiary/aromatic N) is 4. The van der Waals surface area contributed by atoms with Crippen LogP contribution in [0.25, 0.3) is 11.0 Å². The number of hydrogen-bond acceptors (Lipinski definition) is 10. The molecule has 1 aliphatic heterocycles. The quantitative estimate of drug-likeness (QED) is 0.0598. The summed E-state index contributed by atoms with van der Waals surface area (Å²) in [5.74, 6) is -1.98. The first kappa shape index (κ1) is 27.9. The molecule has 2 aromatic heterocycles. The van der Waals surface area contributed by atoms with Gasteiger partial charge in [0.2, 0.25) is 10.9 Å². The molecule has 0 bridgehead atoms. The molecule has 1 aliphatic rings. The van der Waals surface area contributed by atoms with Crippen LogP contribution >= 0.6 is 46.3 Å². The molecule has 1 atom stereocenters. The Kier molecular flexibility index (Phi) is 7.45. The van der Waals surface area contributed by atoms with Gasteiger partial charge in [0.1, 0.15) is 5.58 Å². The Morgan fingerprint density at radius 1 is 1.10 bits per heavy atom. The third-order valence-corrected chi connectivity index (χ3v) is 9.18. The second-order valence-electron chi connectivity index (χ2n) is 9.04. The van der Waals surface area contributed by atoms with Gasteiger partial charge in [-0.2, -0.15) is 0 Å². The number of halogens is 2. The molecule has 42 heavy (non-hydrogen) atoms. The van der Waals surface area contributed by atoms with E-state index in [1.54, 1.807) is 42.5 Å². The van der Waals surface area contributed by atoms with Crippen LogP contribution in [0.1, 0.15) is 27.7 Å². The highest BCUT2D eigenvalue weighted by atomic mass is 35.5. The first-order chi connectivity index (χ1) is 20.2. The van der Waals surface area contributed by atoms with Crippen molar-refractivity contribution < 1.29 is 24.0 Å². The molecule has 0 fully saturated rings. The summed E-state index contributed by atoms with van der Waals surface area (Å²) in [5.41, 5.74) is 1.20. The van der Waals surface area contributed by atoms with Gasteiger partial charge >= 0.3 is 0 Å². The third kappa shape index (κ3) is 5.13. The zero-order chi connectivity index (χ0) is 29.5. The highest BCUT2D eigenvalue weighted by molar-refractivity contribution is 8.00. The molecule has 0 aliphatic carbocycles. The van der Waals surface area contributed by atoms with Gasteiger partial charge in [-0.1, -0.05) is 70.6 Å². The SMILES string of the molecule is O=C(C1=C(O)C(=O)N(c2nnc(SCc3ccc(Cl)cc3Cl)s2)C1c1ccc([N+](=O)[O-])cc1)c1cc2ccccc2o1. The number of fused-ring (bicyclic) bond motifs is 1. The van der Waals surface area contributed by atoms with Gasteiger partial charge < -0.3 is 9.52 Å². The average Bonchev–Trinajstić information content (AvgIpc) is 3.69. The van der Waals surface area contributed by atoms with Crippen LogP contribution in [0.4, 0.5) is 10.8 Å². The number of benzene rings is 3. The van der Waals surface area contributed by atoms with Crippen LogP contribution in [-0.4, -0.2) is 31.9 Å². The minimum absolute atomic E-state index is 0.0762. The van der Waals surface area contributed by atoms with E-state index >= 15 is 0 Å². The number of aromatic nitrogens is 2. The van der Waals surface area contributed by atoms with Gasteiger partial charge in [0.05, 0.1) is 16.5 Å². The lowest BCUT2D eigenvalue weighted by atomic mass is 9.95. The zero-order valence-corrected chi connectivity index (χ0v) is 24.2. The Bertz CT molecular complexity index is 1890. The standard InChI is InChI=1S/C28H16Cl2N4O6S2/c29-17-8-5-16(19(30)12-17)13-41-28-32-31-27(42-28)33-23(14-6-9-18(10-7-14)34(38)39)22(25(36)26(33)37)24(35)21-11-15-3-1-2-4-20(15)40-21/h1-12,23,36H,13H2. The van der Waals surface area contributed by atoms with Gasteiger partial charge in [-0.15, -0.1) is 10.2 Å². The summed E-state index contributed by atoms with van der Waals surface area (Å²) in [7, 11) is 0. The summed E-state index contributed by atoms with van der Waals surface area (Å²) in [4.78, 5) is 39.1. The van der Waals surface area contributed by atoms with Gasteiger partial charge in [-0.3, -0.25) is 24.6 Å². The number of hydrogen-bond donors (Lipinski definition) is 1. The van der Waals surface area contributed by atoms with Crippen LogP contribution < -0.4 is 4.90 Å². The number of para-hydroxylation sites is 1. The van der Waals surface area contributed by atoms with Crippen molar-refractivity contribution in [1.29, 1.82) is 0 Å².